The van der Waals surface area contributed by atoms with Crippen molar-refractivity contribution >= 4 is 35.2 Å². The van der Waals surface area contributed by atoms with Crippen LogP contribution in [0.2, 0.25) is 10.0 Å². The lowest BCUT2D eigenvalue weighted by Gasteiger charge is -2.01. The zero-order valence-electron chi connectivity index (χ0n) is 8.64. The van der Waals surface area contributed by atoms with Gasteiger partial charge < -0.3 is 5.11 Å². The van der Waals surface area contributed by atoms with Gasteiger partial charge >= 0.3 is 0 Å². The number of hydrogen-bond donors (Lipinski definition) is 1. The van der Waals surface area contributed by atoms with Gasteiger partial charge in [0.1, 0.15) is 5.75 Å². The molecule has 0 bridgehead atoms. The van der Waals surface area contributed by atoms with Gasteiger partial charge in [-0.3, -0.25) is 0 Å². The van der Waals surface area contributed by atoms with Crippen molar-refractivity contribution in [1.29, 1.82) is 0 Å². The molecular formula is C12H8Cl2N2O. The predicted molar refractivity (Wildman–Crippen MR) is 69.6 cm³/mol. The van der Waals surface area contributed by atoms with Crippen molar-refractivity contribution < 1.29 is 5.11 Å². The van der Waals surface area contributed by atoms with Gasteiger partial charge in [-0.05, 0) is 24.3 Å². The van der Waals surface area contributed by atoms with Crippen LogP contribution in [0.25, 0.3) is 0 Å². The van der Waals surface area contributed by atoms with E-state index in [1.807, 2.05) is 6.07 Å². The Kier molecular flexibility index (Phi) is 3.61. The van der Waals surface area contributed by atoms with Crippen LogP contribution in [-0.4, -0.2) is 16.3 Å². The first-order chi connectivity index (χ1) is 8.16. The zero-order chi connectivity index (χ0) is 12.3. The Morgan fingerprint density at radius 2 is 2.06 bits per heavy atom. The summed E-state index contributed by atoms with van der Waals surface area (Å²) in [5.74, 6) is 0.499. The Morgan fingerprint density at radius 3 is 2.76 bits per heavy atom. The van der Waals surface area contributed by atoms with Gasteiger partial charge in [0.15, 0.2) is 5.82 Å². The molecular weight excluding hydrogens is 259 g/mol. The summed E-state index contributed by atoms with van der Waals surface area (Å²) in [5.41, 5.74) is 0.452. The van der Waals surface area contributed by atoms with E-state index in [1.165, 1.54) is 12.3 Å². The van der Waals surface area contributed by atoms with Gasteiger partial charge in [-0.25, -0.2) is 9.98 Å². The van der Waals surface area contributed by atoms with E-state index in [-0.39, 0.29) is 10.8 Å². The lowest BCUT2D eigenvalue weighted by atomic mass is 10.2. The minimum absolute atomic E-state index is 0.0456. The molecule has 0 aliphatic rings. The van der Waals surface area contributed by atoms with Crippen molar-refractivity contribution in [3.05, 3.63) is 52.1 Å². The number of aromatic hydroxyl groups is 1. The van der Waals surface area contributed by atoms with E-state index in [0.717, 1.165) is 0 Å². The molecule has 17 heavy (non-hydrogen) atoms. The summed E-state index contributed by atoms with van der Waals surface area (Å²) >= 11 is 11.6. The van der Waals surface area contributed by atoms with Crippen LogP contribution in [0.5, 0.6) is 5.75 Å². The first kappa shape index (κ1) is 11.9. The predicted octanol–water partition coefficient (Wildman–Crippen LogP) is 3.84. The standard InChI is InChI=1S/C12H8Cl2N2O/c13-9-5-8(12(17)10(14)6-9)7-16-11-3-1-2-4-15-11/h1-7,17H. The molecule has 2 rings (SSSR count). The highest BCUT2D eigenvalue weighted by Gasteiger charge is 2.05. The van der Waals surface area contributed by atoms with E-state index in [0.29, 0.717) is 16.4 Å². The van der Waals surface area contributed by atoms with Crippen LogP contribution < -0.4 is 0 Å². The quantitative estimate of drug-likeness (QED) is 0.840. The van der Waals surface area contributed by atoms with Gasteiger partial charge in [-0.15, -0.1) is 0 Å². The minimum Gasteiger partial charge on any atom is -0.506 e. The average Bonchev–Trinajstić information content (AvgIpc) is 2.33. The molecule has 1 heterocycles. The molecule has 0 amide bonds. The van der Waals surface area contributed by atoms with Crippen molar-refractivity contribution in [1.82, 2.24) is 4.98 Å². The van der Waals surface area contributed by atoms with E-state index in [9.17, 15) is 5.11 Å². The number of phenolic OH excluding ortho intramolecular Hbond substituents is 1. The van der Waals surface area contributed by atoms with Crippen LogP contribution in [0.4, 0.5) is 5.82 Å². The van der Waals surface area contributed by atoms with Crippen molar-refractivity contribution in [2.75, 3.05) is 0 Å². The summed E-state index contributed by atoms with van der Waals surface area (Å²) < 4.78 is 0. The van der Waals surface area contributed by atoms with Crippen LogP contribution >= 0.6 is 23.2 Å². The van der Waals surface area contributed by atoms with Gasteiger partial charge in [0.05, 0.1) is 5.02 Å². The van der Waals surface area contributed by atoms with Crippen molar-refractivity contribution in [2.24, 2.45) is 4.99 Å². The van der Waals surface area contributed by atoms with E-state index in [1.54, 1.807) is 24.4 Å². The number of aliphatic imine (C=N–C) groups is 1. The van der Waals surface area contributed by atoms with Crippen LogP contribution in [0.3, 0.4) is 0 Å². The van der Waals surface area contributed by atoms with Gasteiger partial charge in [-0.2, -0.15) is 0 Å². The normalized spacial score (nSPS) is 10.9. The fourth-order valence-corrected chi connectivity index (χ4v) is 1.76. The maximum absolute atomic E-state index is 9.70. The van der Waals surface area contributed by atoms with E-state index < -0.39 is 0 Å². The van der Waals surface area contributed by atoms with Gasteiger partial charge in [0, 0.05) is 23.0 Å². The topological polar surface area (TPSA) is 45.5 Å². The van der Waals surface area contributed by atoms with Crippen molar-refractivity contribution in [2.45, 2.75) is 0 Å². The number of phenols is 1. The first-order valence-electron chi connectivity index (χ1n) is 4.80. The summed E-state index contributed by atoms with van der Waals surface area (Å²) in [6.45, 7) is 0. The molecule has 1 aromatic carbocycles. The Morgan fingerprint density at radius 1 is 1.24 bits per heavy atom. The highest BCUT2D eigenvalue weighted by molar-refractivity contribution is 6.36. The monoisotopic (exact) mass is 266 g/mol. The molecule has 0 fully saturated rings. The molecule has 5 heteroatoms. The van der Waals surface area contributed by atoms with Gasteiger partial charge in [0.25, 0.3) is 0 Å². The largest absolute Gasteiger partial charge is 0.506 e. The second-order valence-corrected chi connectivity index (χ2v) is 4.12. The summed E-state index contributed by atoms with van der Waals surface area (Å²) in [7, 11) is 0. The summed E-state index contributed by atoms with van der Waals surface area (Å²) in [4.78, 5) is 8.13. The Hall–Kier alpha value is -1.58. The summed E-state index contributed by atoms with van der Waals surface area (Å²) in [6.07, 6.45) is 3.10. The van der Waals surface area contributed by atoms with Crippen molar-refractivity contribution in [3.63, 3.8) is 0 Å². The first-order valence-corrected chi connectivity index (χ1v) is 5.55. The zero-order valence-corrected chi connectivity index (χ0v) is 10.2. The Balaban J connectivity index is 2.33. The molecule has 86 valence electrons. The molecule has 0 atom stereocenters. The number of hydrogen-bond acceptors (Lipinski definition) is 3. The lowest BCUT2D eigenvalue weighted by Crippen LogP contribution is -1.84. The Bertz CT molecular complexity index is 556. The molecule has 0 spiro atoms. The second kappa shape index (κ2) is 5.17. The van der Waals surface area contributed by atoms with Gasteiger partial charge in [-0.1, -0.05) is 29.3 Å². The summed E-state index contributed by atoms with van der Waals surface area (Å²) in [6, 6.07) is 8.42. The SMILES string of the molecule is Oc1c(Cl)cc(Cl)cc1C=Nc1ccccn1. The Labute approximate surface area is 108 Å². The van der Waals surface area contributed by atoms with E-state index >= 15 is 0 Å². The molecule has 0 unspecified atom stereocenters. The molecule has 3 nitrogen and oxygen atoms in total. The molecule has 0 aliphatic carbocycles. The highest BCUT2D eigenvalue weighted by Crippen LogP contribution is 2.30. The number of halogens is 2. The van der Waals surface area contributed by atoms with Crippen LogP contribution in [0, 0.1) is 0 Å². The van der Waals surface area contributed by atoms with E-state index in [4.69, 9.17) is 23.2 Å². The van der Waals surface area contributed by atoms with Crippen LogP contribution in [0.15, 0.2) is 41.5 Å². The molecule has 0 saturated heterocycles. The molecule has 2 aromatic rings. The fraction of sp³-hybridized carbons (Fsp3) is 0. The molecule has 1 aromatic heterocycles. The molecule has 0 aliphatic heterocycles. The van der Waals surface area contributed by atoms with Gasteiger partial charge in [0.2, 0.25) is 0 Å². The van der Waals surface area contributed by atoms with E-state index in [2.05, 4.69) is 9.98 Å². The minimum atomic E-state index is -0.0456. The third-order valence-corrected chi connectivity index (χ3v) is 2.55. The van der Waals surface area contributed by atoms with Crippen molar-refractivity contribution in [3.8, 4) is 5.75 Å². The second-order valence-electron chi connectivity index (χ2n) is 3.27. The maximum Gasteiger partial charge on any atom is 0.151 e. The lowest BCUT2D eigenvalue weighted by molar-refractivity contribution is 0.475. The average molecular weight is 267 g/mol. The number of rotatable bonds is 2. The number of pyridine rings is 1. The van der Waals surface area contributed by atoms with Crippen LogP contribution in [0.1, 0.15) is 5.56 Å². The number of nitrogens with zero attached hydrogens (tertiary/aromatic N) is 2. The number of aromatic nitrogens is 1. The summed E-state index contributed by atoms with van der Waals surface area (Å²) in [5, 5.41) is 10.3. The fourth-order valence-electron chi connectivity index (χ4n) is 1.25. The molecule has 0 radical (unpaired) electrons. The van der Waals surface area contributed by atoms with Crippen LogP contribution in [-0.2, 0) is 0 Å². The number of benzene rings is 1. The molecule has 0 saturated carbocycles. The highest BCUT2D eigenvalue weighted by atomic mass is 35.5. The smallest absolute Gasteiger partial charge is 0.151 e. The molecule has 1 N–H and O–H groups in total. The third kappa shape index (κ3) is 2.96. The maximum atomic E-state index is 9.70. The third-order valence-electron chi connectivity index (χ3n) is 2.04.